The van der Waals surface area contributed by atoms with Gasteiger partial charge in [-0.2, -0.15) is 0 Å². The van der Waals surface area contributed by atoms with Crippen LogP contribution in [0.5, 0.6) is 0 Å². The lowest BCUT2D eigenvalue weighted by Gasteiger charge is -2.56. The van der Waals surface area contributed by atoms with Gasteiger partial charge in [0, 0.05) is 22.6 Å². The third-order valence-electron chi connectivity index (χ3n) is 12.6. The van der Waals surface area contributed by atoms with Crippen LogP contribution in [-0.4, -0.2) is 29.3 Å². The van der Waals surface area contributed by atoms with E-state index in [1.807, 2.05) is 54.6 Å². The van der Waals surface area contributed by atoms with Gasteiger partial charge in [0.25, 0.3) is 0 Å². The molecule has 1 saturated heterocycles. The number of allylic oxidation sites excluding steroid dienone is 3. The quantitative estimate of drug-likeness (QED) is 0.276. The van der Waals surface area contributed by atoms with Crippen molar-refractivity contribution in [1.82, 2.24) is 0 Å². The summed E-state index contributed by atoms with van der Waals surface area (Å²) in [7, 11) is 0. The van der Waals surface area contributed by atoms with E-state index in [0.717, 1.165) is 36.2 Å². The molecule has 5 nitrogen and oxygen atoms in total. The number of rotatable bonds is 4. The second-order valence-corrected chi connectivity index (χ2v) is 15.8. The average Bonchev–Trinajstić information content (AvgIpc) is 3.34. The minimum atomic E-state index is -0.597. The molecule has 2 saturated carbocycles. The molecule has 1 heterocycles. The number of nitrogens with one attached hydrogen (secondary N) is 1. The van der Waals surface area contributed by atoms with Crippen molar-refractivity contribution < 1.29 is 14.3 Å². The summed E-state index contributed by atoms with van der Waals surface area (Å²) in [6.07, 6.45) is 6.97. The van der Waals surface area contributed by atoms with Crippen LogP contribution in [0.4, 0.5) is 11.4 Å². The molecule has 1 aliphatic heterocycles. The molecule has 3 N–H and O–H groups in total. The number of carbonyl (C=O) groups is 1. The monoisotopic (exact) mass is 592 g/mol. The molecule has 4 aliphatic carbocycles. The van der Waals surface area contributed by atoms with Crippen molar-refractivity contribution in [3.63, 3.8) is 0 Å². The molecule has 5 aliphatic rings. The van der Waals surface area contributed by atoms with Gasteiger partial charge in [-0.05, 0) is 92.7 Å². The molecule has 2 aromatic carbocycles. The molecular weight excluding hydrogens is 544 g/mol. The van der Waals surface area contributed by atoms with Crippen LogP contribution < -0.4 is 11.1 Å². The summed E-state index contributed by atoms with van der Waals surface area (Å²) in [5.74, 6) is 0.318. The number of hydrogen-bond acceptors (Lipinski definition) is 5. The van der Waals surface area contributed by atoms with E-state index in [4.69, 9.17) is 21.8 Å². The van der Waals surface area contributed by atoms with Gasteiger partial charge in [-0.25, -0.2) is 4.79 Å². The molecule has 8 atom stereocenters. The maximum atomic E-state index is 14.3. The van der Waals surface area contributed by atoms with Crippen LogP contribution in [0.15, 0.2) is 90.0 Å². The van der Waals surface area contributed by atoms with Crippen molar-refractivity contribution in [2.45, 2.75) is 91.1 Å². The SMILES string of the molecule is C=C1C2C=C3CCC(C)(C)OC3C3(C)C(OC(=O)c4ccccc4Nc4ccccc4)C(C)=CC13[C@H](C)C[C@]1(N)[C@H]2C1(C)C. The highest BCUT2D eigenvalue weighted by molar-refractivity contribution is 5.96. The molecule has 0 aromatic heterocycles. The van der Waals surface area contributed by atoms with Gasteiger partial charge < -0.3 is 20.5 Å². The molecule has 1 spiro atoms. The van der Waals surface area contributed by atoms with Crippen LogP contribution in [0, 0.1) is 34.0 Å². The van der Waals surface area contributed by atoms with Crippen molar-refractivity contribution in [3.8, 4) is 0 Å². The maximum Gasteiger partial charge on any atom is 0.340 e. The Labute approximate surface area is 263 Å². The fourth-order valence-corrected chi connectivity index (χ4v) is 10.3. The van der Waals surface area contributed by atoms with Crippen molar-refractivity contribution in [2.24, 2.45) is 39.7 Å². The van der Waals surface area contributed by atoms with E-state index in [-0.39, 0.29) is 40.5 Å². The Morgan fingerprint density at radius 1 is 1.05 bits per heavy atom. The van der Waals surface area contributed by atoms with Gasteiger partial charge in [0.15, 0.2) is 0 Å². The Balaban J connectivity index is 1.34. The van der Waals surface area contributed by atoms with Crippen molar-refractivity contribution in [1.29, 1.82) is 0 Å². The maximum absolute atomic E-state index is 14.3. The largest absolute Gasteiger partial charge is 0.453 e. The first-order chi connectivity index (χ1) is 20.7. The lowest BCUT2D eigenvalue weighted by Crippen LogP contribution is -2.59. The van der Waals surface area contributed by atoms with Gasteiger partial charge in [-0.15, -0.1) is 0 Å². The first-order valence-corrected chi connectivity index (χ1v) is 16.4. The topological polar surface area (TPSA) is 73.6 Å². The number of para-hydroxylation sites is 2. The molecular formula is C39H48N2O3. The molecule has 0 radical (unpaired) electrons. The van der Waals surface area contributed by atoms with E-state index in [9.17, 15) is 4.79 Å². The molecule has 2 aromatic rings. The predicted octanol–water partition coefficient (Wildman–Crippen LogP) is 8.37. The summed E-state index contributed by atoms with van der Waals surface area (Å²) in [6, 6.07) is 17.5. The van der Waals surface area contributed by atoms with Gasteiger partial charge in [-0.1, -0.05) is 82.3 Å². The van der Waals surface area contributed by atoms with Crippen molar-refractivity contribution >= 4 is 17.3 Å². The third-order valence-corrected chi connectivity index (χ3v) is 12.6. The van der Waals surface area contributed by atoms with Crippen molar-refractivity contribution in [2.75, 3.05) is 5.32 Å². The van der Waals surface area contributed by atoms with Gasteiger partial charge in [0.05, 0.1) is 28.4 Å². The number of nitrogens with two attached hydrogens (primary N) is 1. The summed E-state index contributed by atoms with van der Waals surface area (Å²) in [5, 5.41) is 3.42. The molecule has 7 rings (SSSR count). The van der Waals surface area contributed by atoms with E-state index in [1.165, 1.54) is 11.1 Å². The fourth-order valence-electron chi connectivity index (χ4n) is 10.3. The minimum Gasteiger partial charge on any atom is -0.453 e. The van der Waals surface area contributed by atoms with Crippen LogP contribution in [0.1, 0.15) is 78.1 Å². The third kappa shape index (κ3) is 3.81. The Hall–Kier alpha value is -3.15. The van der Waals surface area contributed by atoms with E-state index >= 15 is 0 Å². The predicted molar refractivity (Wildman–Crippen MR) is 177 cm³/mol. The summed E-state index contributed by atoms with van der Waals surface area (Å²) < 4.78 is 13.9. The molecule has 5 unspecified atom stereocenters. The second kappa shape index (κ2) is 9.43. The first kappa shape index (κ1) is 29.6. The number of carbonyl (C=O) groups excluding carboxylic acids is 1. The number of anilines is 2. The molecule has 44 heavy (non-hydrogen) atoms. The molecule has 0 amide bonds. The standard InChI is InChI=1S/C39H48N2O3/c1-23-21-38-24(2)22-39(40)31(36(39,6)7)29(25(38)3)20-26-18-19-35(4,5)44-33(26)37(38,8)32(23)43-34(42)28-16-12-13-17-30(28)41-27-14-10-9-11-15-27/h9-17,20-21,24,29,31-33,41H,3,18-19,22,40H2,1-2,4-8H3/t24-,29?,31-,32?,33?,37?,38?,39+/m1/s1. The zero-order chi connectivity index (χ0) is 31.4. The summed E-state index contributed by atoms with van der Waals surface area (Å²) in [4.78, 5) is 14.3. The Kier molecular flexibility index (Phi) is 6.34. The number of esters is 1. The summed E-state index contributed by atoms with van der Waals surface area (Å²) in [5.41, 5.74) is 11.5. The summed E-state index contributed by atoms with van der Waals surface area (Å²) in [6.45, 7) is 20.8. The number of fused-ring (bicyclic) bond motifs is 5. The van der Waals surface area contributed by atoms with E-state index in [0.29, 0.717) is 11.5 Å². The smallest absolute Gasteiger partial charge is 0.340 e. The highest BCUT2D eigenvalue weighted by Gasteiger charge is 2.78. The van der Waals surface area contributed by atoms with E-state index < -0.39 is 16.9 Å². The number of ether oxygens (including phenoxy) is 2. The Bertz CT molecular complexity index is 1600. The lowest BCUT2D eigenvalue weighted by atomic mass is 9.52. The van der Waals surface area contributed by atoms with Gasteiger partial charge in [0.2, 0.25) is 0 Å². The van der Waals surface area contributed by atoms with E-state index in [1.54, 1.807) is 0 Å². The minimum absolute atomic E-state index is 0.0251. The number of hydrogen-bond donors (Lipinski definition) is 2. The lowest BCUT2D eigenvalue weighted by molar-refractivity contribution is -0.176. The number of benzene rings is 2. The average molecular weight is 593 g/mol. The van der Waals surface area contributed by atoms with Crippen LogP contribution in [0.2, 0.25) is 0 Å². The normalized spacial score (nSPS) is 39.4. The zero-order valence-electron chi connectivity index (χ0n) is 27.4. The highest BCUT2D eigenvalue weighted by atomic mass is 16.6. The van der Waals surface area contributed by atoms with E-state index in [2.05, 4.69) is 65.9 Å². The Morgan fingerprint density at radius 2 is 1.73 bits per heavy atom. The fraction of sp³-hybridized carbons (Fsp3) is 0.513. The van der Waals surface area contributed by atoms with Crippen LogP contribution in [0.25, 0.3) is 0 Å². The first-order valence-electron chi connectivity index (χ1n) is 16.4. The molecule has 3 fully saturated rings. The molecule has 232 valence electrons. The van der Waals surface area contributed by atoms with Crippen LogP contribution >= 0.6 is 0 Å². The highest BCUT2D eigenvalue weighted by Crippen LogP contribution is 2.77. The van der Waals surface area contributed by atoms with Crippen molar-refractivity contribution in [3.05, 3.63) is 95.6 Å². The van der Waals surface area contributed by atoms with Gasteiger partial charge in [0.1, 0.15) is 6.10 Å². The molecule has 5 heteroatoms. The Morgan fingerprint density at radius 3 is 2.45 bits per heavy atom. The van der Waals surface area contributed by atoms with Gasteiger partial charge in [-0.3, -0.25) is 0 Å². The summed E-state index contributed by atoms with van der Waals surface area (Å²) >= 11 is 0. The zero-order valence-corrected chi connectivity index (χ0v) is 27.4. The van der Waals surface area contributed by atoms with Gasteiger partial charge >= 0.3 is 5.97 Å². The molecule has 2 bridgehead atoms. The van der Waals surface area contributed by atoms with Crippen LogP contribution in [0.3, 0.4) is 0 Å². The second-order valence-electron chi connectivity index (χ2n) is 15.8. The van der Waals surface area contributed by atoms with Crippen LogP contribution in [-0.2, 0) is 9.47 Å².